The Morgan fingerprint density at radius 2 is 1.78 bits per heavy atom. The smallest absolute Gasteiger partial charge is 0.338 e. The molecule has 0 aliphatic carbocycles. The van der Waals surface area contributed by atoms with Gasteiger partial charge >= 0.3 is 5.97 Å². The van der Waals surface area contributed by atoms with Crippen LogP contribution in [0.1, 0.15) is 55.1 Å². The zero-order valence-corrected chi connectivity index (χ0v) is 28.3. The van der Waals surface area contributed by atoms with Crippen LogP contribution < -0.4 is 19.6 Å². The fraction of sp³-hybridized carbons (Fsp3) is 0.250. The molecule has 0 unspecified atom stereocenters. The van der Waals surface area contributed by atoms with E-state index in [1.807, 2.05) is 49.4 Å². The lowest BCUT2D eigenvalue weighted by atomic mass is 9.93. The molecule has 2 aromatic heterocycles. The minimum Gasteiger partial charge on any atom is -0.496 e. The lowest BCUT2D eigenvalue weighted by Gasteiger charge is -2.27. The Morgan fingerprint density at radius 1 is 1.04 bits per heavy atom. The maximum Gasteiger partial charge on any atom is 0.338 e. The summed E-state index contributed by atoms with van der Waals surface area (Å²) < 4.78 is 15.6. The van der Waals surface area contributed by atoms with E-state index in [9.17, 15) is 9.59 Å². The van der Waals surface area contributed by atoms with Crippen LogP contribution in [0.5, 0.6) is 5.75 Å². The third-order valence-electron chi connectivity index (χ3n) is 8.19. The second-order valence-corrected chi connectivity index (χ2v) is 12.9. The number of allylic oxidation sites excluding steroid dienone is 1. The predicted octanol–water partition coefficient (Wildman–Crippen LogP) is 7.21. The summed E-state index contributed by atoms with van der Waals surface area (Å²) in [6, 6.07) is 20.4. The monoisotopic (exact) mass is 673 g/mol. The van der Waals surface area contributed by atoms with Crippen molar-refractivity contribution < 1.29 is 14.3 Å². The summed E-state index contributed by atoms with van der Waals surface area (Å²) in [5.74, 6) is -0.0123. The molecule has 10 heteroatoms. The van der Waals surface area contributed by atoms with Crippen molar-refractivity contribution in [1.82, 2.24) is 9.13 Å². The number of carbonyl (C=O) groups excluding carboxylic acids is 1. The lowest BCUT2D eigenvalue weighted by Crippen LogP contribution is -2.40. The van der Waals surface area contributed by atoms with Crippen molar-refractivity contribution in [2.75, 3.05) is 13.7 Å². The average molecular weight is 675 g/mol. The van der Waals surface area contributed by atoms with E-state index in [1.165, 1.54) is 11.3 Å². The van der Waals surface area contributed by atoms with E-state index in [-0.39, 0.29) is 12.2 Å². The minimum atomic E-state index is -0.833. The second kappa shape index (κ2) is 13.3. The molecule has 5 aromatic rings. The average Bonchev–Trinajstić information content (AvgIpc) is 3.50. The van der Waals surface area contributed by atoms with Gasteiger partial charge in [-0.2, -0.15) is 0 Å². The molecule has 0 N–H and O–H groups in total. The van der Waals surface area contributed by atoms with Crippen LogP contribution in [-0.2, 0) is 16.1 Å². The molecule has 46 heavy (non-hydrogen) atoms. The Bertz CT molecular complexity index is 2180. The van der Waals surface area contributed by atoms with Gasteiger partial charge in [-0.05, 0) is 68.3 Å². The third-order valence-corrected chi connectivity index (χ3v) is 9.66. The van der Waals surface area contributed by atoms with Gasteiger partial charge in [-0.15, -0.1) is 0 Å². The summed E-state index contributed by atoms with van der Waals surface area (Å²) in [5, 5.41) is 2.18. The number of nitrogens with zero attached hydrogens (tertiary/aromatic N) is 3. The van der Waals surface area contributed by atoms with Gasteiger partial charge in [0.15, 0.2) is 4.80 Å². The Kier molecular flexibility index (Phi) is 9.22. The Hall–Kier alpha value is -4.11. The molecule has 0 radical (unpaired) electrons. The molecule has 1 atom stereocenters. The number of methoxy groups -OCH3 is 1. The summed E-state index contributed by atoms with van der Waals surface area (Å²) in [6.45, 7) is 6.68. The van der Waals surface area contributed by atoms with Crippen molar-refractivity contribution in [3.05, 3.63) is 130 Å². The molecule has 236 valence electrons. The Labute approximate surface area is 280 Å². The van der Waals surface area contributed by atoms with Crippen molar-refractivity contribution in [2.45, 2.75) is 46.2 Å². The highest BCUT2D eigenvalue weighted by Gasteiger charge is 2.36. The van der Waals surface area contributed by atoms with Gasteiger partial charge in [0.2, 0.25) is 0 Å². The van der Waals surface area contributed by atoms with Crippen molar-refractivity contribution in [1.29, 1.82) is 0 Å². The zero-order chi connectivity index (χ0) is 32.5. The molecule has 0 bridgehead atoms. The predicted molar refractivity (Wildman–Crippen MR) is 185 cm³/mol. The second-order valence-electron chi connectivity index (χ2n) is 11.0. The summed E-state index contributed by atoms with van der Waals surface area (Å²) in [6.07, 6.45) is 3.23. The number of ether oxygens (including phenoxy) is 2. The molecule has 6 rings (SSSR count). The maximum absolute atomic E-state index is 14.5. The van der Waals surface area contributed by atoms with Crippen LogP contribution >= 0.6 is 34.5 Å². The van der Waals surface area contributed by atoms with Crippen LogP contribution in [-0.4, -0.2) is 28.8 Å². The number of halogens is 2. The number of rotatable bonds is 9. The standard InChI is InChI=1S/C36H33Cl2N3O4S/c1-5-9-28-32(35(43)45-6-2)33(27-18-24(38)16-17-30(27)44-4)41-34(42)31(46-36(41)39-28)19-26-21(3)40(29-11-8-7-10-25(26)29)20-22-12-14-23(37)15-13-22/h7-8,10-19,33H,5-6,9,20H2,1-4H3/b31-19+/t33-/m1/s1. The first kappa shape index (κ1) is 31.9. The SMILES string of the molecule is CCCC1=C(C(=O)OCC)[C@@H](c2cc(Cl)ccc2OC)n2c(s/c(=C/c3c(C)n(Cc4ccc(Cl)cc4)c4ccccc34)c2=O)=N1. The molecular formula is C36H33Cl2N3O4S. The number of para-hydroxylation sites is 1. The van der Waals surface area contributed by atoms with Gasteiger partial charge in [0.05, 0.1) is 29.5 Å². The van der Waals surface area contributed by atoms with Crippen LogP contribution in [0.4, 0.5) is 0 Å². The summed E-state index contributed by atoms with van der Waals surface area (Å²) in [5.41, 5.74) is 5.39. The minimum absolute atomic E-state index is 0.185. The largest absolute Gasteiger partial charge is 0.496 e. The number of esters is 1. The molecular weight excluding hydrogens is 641 g/mol. The summed E-state index contributed by atoms with van der Waals surface area (Å²) >= 11 is 13.9. The maximum atomic E-state index is 14.5. The van der Waals surface area contributed by atoms with Crippen LogP contribution in [0.15, 0.2) is 87.8 Å². The van der Waals surface area contributed by atoms with Gasteiger partial charge in [0.1, 0.15) is 11.8 Å². The van der Waals surface area contributed by atoms with Gasteiger partial charge in [-0.3, -0.25) is 9.36 Å². The highest BCUT2D eigenvalue weighted by atomic mass is 35.5. The van der Waals surface area contributed by atoms with Crippen LogP contribution in [0.2, 0.25) is 10.0 Å². The van der Waals surface area contributed by atoms with Gasteiger partial charge in [0.25, 0.3) is 5.56 Å². The molecule has 0 spiro atoms. The van der Waals surface area contributed by atoms with Crippen molar-refractivity contribution in [3.63, 3.8) is 0 Å². The molecule has 0 saturated carbocycles. The molecule has 0 saturated heterocycles. The molecule has 1 aliphatic heterocycles. The van der Waals surface area contributed by atoms with E-state index >= 15 is 0 Å². The zero-order valence-electron chi connectivity index (χ0n) is 26.0. The summed E-state index contributed by atoms with van der Waals surface area (Å²) in [4.78, 5) is 33.5. The van der Waals surface area contributed by atoms with E-state index < -0.39 is 12.0 Å². The van der Waals surface area contributed by atoms with E-state index in [4.69, 9.17) is 37.7 Å². The van der Waals surface area contributed by atoms with Gasteiger partial charge in [-0.25, -0.2) is 9.79 Å². The number of thiazole rings is 1. The van der Waals surface area contributed by atoms with E-state index in [1.54, 1.807) is 36.8 Å². The lowest BCUT2D eigenvalue weighted by molar-refractivity contribution is -0.139. The van der Waals surface area contributed by atoms with Crippen molar-refractivity contribution >= 4 is 57.5 Å². The first-order valence-electron chi connectivity index (χ1n) is 15.1. The number of aromatic nitrogens is 2. The molecule has 3 heterocycles. The fourth-order valence-electron chi connectivity index (χ4n) is 6.08. The first-order chi connectivity index (χ1) is 22.2. The molecule has 7 nitrogen and oxygen atoms in total. The number of carbonyl (C=O) groups is 1. The van der Waals surface area contributed by atoms with Crippen molar-refractivity contribution in [3.8, 4) is 5.75 Å². The highest BCUT2D eigenvalue weighted by Crippen LogP contribution is 2.38. The van der Waals surface area contributed by atoms with E-state index in [0.29, 0.717) is 54.9 Å². The quantitative estimate of drug-likeness (QED) is 0.155. The first-order valence-corrected chi connectivity index (χ1v) is 16.7. The van der Waals surface area contributed by atoms with E-state index in [0.717, 1.165) is 34.1 Å². The number of fused-ring (bicyclic) bond motifs is 2. The fourth-order valence-corrected chi connectivity index (χ4v) is 7.39. The highest BCUT2D eigenvalue weighted by molar-refractivity contribution is 7.07. The van der Waals surface area contributed by atoms with Crippen LogP contribution in [0.3, 0.4) is 0 Å². The number of hydrogen-bond acceptors (Lipinski definition) is 6. The van der Waals surface area contributed by atoms with Crippen LogP contribution in [0.25, 0.3) is 17.0 Å². The molecule has 1 aliphatic rings. The Balaban J connectivity index is 1.59. The number of hydrogen-bond donors (Lipinski definition) is 0. The van der Waals surface area contributed by atoms with Gasteiger partial charge in [0, 0.05) is 44.3 Å². The molecule has 0 fully saturated rings. The normalized spacial score (nSPS) is 14.8. The molecule has 3 aromatic carbocycles. The van der Waals surface area contributed by atoms with Crippen molar-refractivity contribution in [2.24, 2.45) is 4.99 Å². The summed E-state index contributed by atoms with van der Waals surface area (Å²) in [7, 11) is 1.56. The van der Waals surface area contributed by atoms with Gasteiger partial charge < -0.3 is 14.0 Å². The van der Waals surface area contributed by atoms with Gasteiger partial charge in [-0.1, -0.05) is 78.2 Å². The molecule has 0 amide bonds. The Morgan fingerprint density at radius 3 is 2.50 bits per heavy atom. The van der Waals surface area contributed by atoms with Crippen LogP contribution in [0, 0.1) is 6.92 Å². The number of benzene rings is 3. The third kappa shape index (κ3) is 5.81. The topological polar surface area (TPSA) is 74.8 Å². The van der Waals surface area contributed by atoms with E-state index in [2.05, 4.69) is 23.6 Å².